The Morgan fingerprint density at radius 1 is 1.43 bits per heavy atom. The van der Waals surface area contributed by atoms with Crippen molar-refractivity contribution in [2.24, 2.45) is 4.99 Å². The molecule has 0 saturated heterocycles. The summed E-state index contributed by atoms with van der Waals surface area (Å²) < 4.78 is 38.9. The summed E-state index contributed by atoms with van der Waals surface area (Å²) in [7, 11) is -4.40. The third-order valence-electron chi connectivity index (χ3n) is 3.95. The number of halogens is 1. The summed E-state index contributed by atoms with van der Waals surface area (Å²) in [5, 5.41) is 16.4. The topological polar surface area (TPSA) is 144 Å². The summed E-state index contributed by atoms with van der Waals surface area (Å²) in [6, 6.07) is 4.34. The fourth-order valence-corrected chi connectivity index (χ4v) is 3.94. The molecule has 3 amide bonds. The molecule has 1 radical (unpaired) electrons. The van der Waals surface area contributed by atoms with E-state index in [1.807, 2.05) is 6.07 Å². The predicted molar refractivity (Wildman–Crippen MR) is 95.5 cm³/mol. The van der Waals surface area contributed by atoms with Crippen LogP contribution in [0.4, 0.5) is 14.9 Å². The zero-order chi connectivity index (χ0) is 20.5. The summed E-state index contributed by atoms with van der Waals surface area (Å²) in [6.07, 6.45) is 1.40. The van der Waals surface area contributed by atoms with Gasteiger partial charge in [-0.2, -0.15) is 5.26 Å². The first-order valence-electron chi connectivity index (χ1n) is 7.90. The Labute approximate surface area is 159 Å². The second kappa shape index (κ2) is 7.28. The average Bonchev–Trinajstić information content (AvgIpc) is 2.65. The molecule has 12 heteroatoms. The van der Waals surface area contributed by atoms with Gasteiger partial charge in [-0.3, -0.25) is 4.79 Å². The third-order valence-corrected chi connectivity index (χ3v) is 5.72. The zero-order valence-electron chi connectivity index (χ0n) is 14.5. The molecule has 3 N–H and O–H groups in total. The lowest BCUT2D eigenvalue weighted by atomic mass is 10.1. The van der Waals surface area contributed by atoms with Crippen LogP contribution in [-0.2, 0) is 14.8 Å². The number of fused-ring (bicyclic) bond motifs is 1. The van der Waals surface area contributed by atoms with Crippen LogP contribution in [0.1, 0.15) is 6.92 Å². The van der Waals surface area contributed by atoms with Gasteiger partial charge in [-0.05, 0) is 25.1 Å². The quantitative estimate of drug-likeness (QED) is 0.663. The van der Waals surface area contributed by atoms with Crippen LogP contribution in [0.15, 0.2) is 40.0 Å². The van der Waals surface area contributed by atoms with Crippen molar-refractivity contribution >= 4 is 33.4 Å². The fourth-order valence-electron chi connectivity index (χ4n) is 2.49. The van der Waals surface area contributed by atoms with Gasteiger partial charge in [-0.25, -0.2) is 26.9 Å². The summed E-state index contributed by atoms with van der Waals surface area (Å²) in [5.74, 6) is -1.57. The molecular formula is C16H14FN6O4S. The minimum atomic E-state index is -4.40. The van der Waals surface area contributed by atoms with Gasteiger partial charge in [0.1, 0.15) is 29.4 Å². The van der Waals surface area contributed by atoms with Crippen LogP contribution in [0.2, 0.25) is 0 Å². The van der Waals surface area contributed by atoms with E-state index < -0.39 is 39.2 Å². The minimum absolute atomic E-state index is 0.0632. The number of anilines is 1. The normalized spacial score (nSPS) is 18.0. The van der Waals surface area contributed by atoms with Gasteiger partial charge in [-0.1, -0.05) is 0 Å². The molecule has 2 aliphatic heterocycles. The van der Waals surface area contributed by atoms with Crippen LogP contribution >= 0.6 is 0 Å². The van der Waals surface area contributed by atoms with Crippen molar-refractivity contribution in [2.75, 3.05) is 18.4 Å². The highest BCUT2D eigenvalue weighted by Gasteiger charge is 2.38. The van der Waals surface area contributed by atoms with Gasteiger partial charge < -0.3 is 16.0 Å². The van der Waals surface area contributed by atoms with E-state index in [2.05, 4.69) is 20.9 Å². The van der Waals surface area contributed by atoms with Gasteiger partial charge in [0.05, 0.1) is 17.9 Å². The number of hydrogen-bond donors (Lipinski definition) is 3. The van der Waals surface area contributed by atoms with Crippen LogP contribution in [0, 0.1) is 23.2 Å². The molecule has 2 heterocycles. The lowest BCUT2D eigenvalue weighted by molar-refractivity contribution is -0.120. The van der Waals surface area contributed by atoms with E-state index in [1.54, 1.807) is 6.92 Å². The number of nitriles is 1. The van der Waals surface area contributed by atoms with Crippen molar-refractivity contribution in [3.63, 3.8) is 0 Å². The van der Waals surface area contributed by atoms with Gasteiger partial charge in [0.2, 0.25) is 5.91 Å². The van der Waals surface area contributed by atoms with Crippen molar-refractivity contribution in [1.82, 2.24) is 14.9 Å². The average molecular weight is 405 g/mol. The predicted octanol–water partition coefficient (Wildman–Crippen LogP) is 0.439. The summed E-state index contributed by atoms with van der Waals surface area (Å²) in [5.41, 5.74) is 0.434. The van der Waals surface area contributed by atoms with Crippen molar-refractivity contribution in [3.05, 3.63) is 42.0 Å². The van der Waals surface area contributed by atoms with Gasteiger partial charge in [0.15, 0.2) is 5.70 Å². The highest BCUT2D eigenvalue weighted by atomic mass is 32.2. The van der Waals surface area contributed by atoms with Crippen LogP contribution in [0.3, 0.4) is 0 Å². The number of aliphatic imine (C=N–C) groups is 1. The second-order valence-corrected chi connectivity index (χ2v) is 7.66. The van der Waals surface area contributed by atoms with Crippen molar-refractivity contribution in [3.8, 4) is 6.07 Å². The van der Waals surface area contributed by atoms with Crippen LogP contribution in [0.5, 0.6) is 0 Å². The molecule has 0 aromatic heterocycles. The lowest BCUT2D eigenvalue weighted by Gasteiger charge is -2.28. The number of nitrogens with one attached hydrogen (secondary N) is 3. The maximum Gasteiger partial charge on any atom is 0.336 e. The molecule has 28 heavy (non-hydrogen) atoms. The van der Waals surface area contributed by atoms with Gasteiger partial charge in [-0.15, -0.1) is 0 Å². The number of urea groups is 1. The van der Waals surface area contributed by atoms with Gasteiger partial charge in [0, 0.05) is 6.20 Å². The van der Waals surface area contributed by atoms with Crippen LogP contribution in [0.25, 0.3) is 0 Å². The SMILES string of the molecule is C[C]1NC=C(C#N)N=C1CNC(=O)CN1C(=O)Nc2ccc(F)cc2S1(=O)=O. The molecule has 0 bridgehead atoms. The van der Waals surface area contributed by atoms with E-state index in [0.29, 0.717) is 16.1 Å². The number of carbonyl (C=O) groups is 2. The largest absolute Gasteiger partial charge is 0.376 e. The molecular weight excluding hydrogens is 391 g/mol. The van der Waals surface area contributed by atoms with E-state index in [9.17, 15) is 22.4 Å². The maximum atomic E-state index is 13.4. The number of benzene rings is 1. The molecule has 0 unspecified atom stereocenters. The third kappa shape index (κ3) is 3.65. The first-order valence-corrected chi connectivity index (χ1v) is 9.34. The van der Waals surface area contributed by atoms with E-state index in [1.165, 1.54) is 6.20 Å². The maximum absolute atomic E-state index is 13.4. The number of rotatable bonds is 4. The number of hydrogen-bond acceptors (Lipinski definition) is 7. The Hall–Kier alpha value is -3.46. The smallest absolute Gasteiger partial charge is 0.336 e. The van der Waals surface area contributed by atoms with Gasteiger partial charge >= 0.3 is 6.03 Å². The molecule has 0 aliphatic carbocycles. The second-order valence-electron chi connectivity index (χ2n) is 5.83. The van der Waals surface area contributed by atoms with E-state index in [0.717, 1.165) is 18.2 Å². The van der Waals surface area contributed by atoms with Crippen LogP contribution < -0.4 is 16.0 Å². The Bertz CT molecular complexity index is 1060. The monoisotopic (exact) mass is 405 g/mol. The fraction of sp³-hybridized carbons (Fsp3) is 0.188. The summed E-state index contributed by atoms with van der Waals surface area (Å²) in [4.78, 5) is 27.9. The Balaban J connectivity index is 1.72. The van der Waals surface area contributed by atoms with E-state index in [-0.39, 0.29) is 17.9 Å². The lowest BCUT2D eigenvalue weighted by Crippen LogP contribution is -2.49. The van der Waals surface area contributed by atoms with Gasteiger partial charge in [0.25, 0.3) is 10.0 Å². The van der Waals surface area contributed by atoms with Crippen molar-refractivity contribution in [1.29, 1.82) is 5.26 Å². The summed E-state index contributed by atoms with van der Waals surface area (Å²) >= 11 is 0. The Morgan fingerprint density at radius 3 is 2.89 bits per heavy atom. The molecule has 2 aliphatic rings. The highest BCUT2D eigenvalue weighted by molar-refractivity contribution is 7.90. The first-order chi connectivity index (χ1) is 13.2. The van der Waals surface area contributed by atoms with Crippen LogP contribution in [-0.4, -0.2) is 43.5 Å². The number of nitrogens with zero attached hydrogens (tertiary/aromatic N) is 3. The summed E-state index contributed by atoms with van der Waals surface area (Å²) in [6.45, 7) is 0.798. The number of sulfonamides is 1. The highest BCUT2D eigenvalue weighted by Crippen LogP contribution is 2.30. The Morgan fingerprint density at radius 2 is 2.18 bits per heavy atom. The molecule has 0 fully saturated rings. The molecule has 1 aromatic carbocycles. The standard InChI is InChI=1S/C16H14FN6O4S/c1-9-13(21-11(5-18)6-19-9)7-20-15(24)8-23-16(25)22-12-3-2-10(17)4-14(12)28(23,26)27/h2-4,6,19H,7-8H2,1H3,(H,20,24)(H,22,25). The number of allylic oxidation sites excluding steroid dienone is 1. The molecule has 0 atom stereocenters. The molecule has 0 saturated carbocycles. The van der Waals surface area contributed by atoms with Crippen molar-refractivity contribution < 1.29 is 22.4 Å². The molecule has 10 nitrogen and oxygen atoms in total. The van der Waals surface area contributed by atoms with Crippen molar-refractivity contribution in [2.45, 2.75) is 11.8 Å². The van der Waals surface area contributed by atoms with E-state index in [4.69, 9.17) is 5.26 Å². The molecule has 0 spiro atoms. The van der Waals surface area contributed by atoms with E-state index >= 15 is 0 Å². The Kier molecular flexibility index (Phi) is 5.02. The molecule has 3 rings (SSSR count). The molecule has 145 valence electrons. The first kappa shape index (κ1) is 19.3. The zero-order valence-corrected chi connectivity index (χ0v) is 15.3. The number of amides is 3. The minimum Gasteiger partial charge on any atom is -0.376 e. The number of carbonyl (C=O) groups excluding carboxylic acids is 2. The molecule has 1 aromatic rings.